The van der Waals surface area contributed by atoms with E-state index in [0.717, 1.165) is 73.6 Å². The molecule has 6 heteroatoms. The number of piperidine rings is 1. The zero-order valence-corrected chi connectivity index (χ0v) is 23.6. The van der Waals surface area contributed by atoms with Gasteiger partial charge < -0.3 is 19.7 Å². The van der Waals surface area contributed by atoms with Crippen LogP contribution in [0.2, 0.25) is 0 Å². The van der Waals surface area contributed by atoms with E-state index in [4.69, 9.17) is 4.98 Å². The third kappa shape index (κ3) is 7.58. The highest BCUT2D eigenvalue weighted by atomic mass is 16.2. The molecule has 1 fully saturated rings. The van der Waals surface area contributed by atoms with E-state index in [-0.39, 0.29) is 5.91 Å². The van der Waals surface area contributed by atoms with Crippen LogP contribution in [0.25, 0.3) is 16.7 Å². The van der Waals surface area contributed by atoms with Gasteiger partial charge in [0.25, 0.3) is 5.91 Å². The number of aryl methyl sites for hydroxylation is 1. The van der Waals surface area contributed by atoms with Gasteiger partial charge in [-0.2, -0.15) is 0 Å². The Morgan fingerprint density at radius 2 is 1.72 bits per heavy atom. The Kier molecular flexibility index (Phi) is 10.8. The molecular weight excluding hydrogens is 446 g/mol. The number of amides is 1. The molecule has 1 N–H and O–H groups in total. The zero-order valence-electron chi connectivity index (χ0n) is 23.6. The molecule has 0 saturated carbocycles. The Morgan fingerprint density at radius 3 is 2.31 bits per heavy atom. The summed E-state index contributed by atoms with van der Waals surface area (Å²) in [6.45, 7) is 17.0. The first-order valence-electron chi connectivity index (χ1n) is 14.2. The van der Waals surface area contributed by atoms with Crippen molar-refractivity contribution in [3.05, 3.63) is 35.7 Å². The number of carbonyl (C=O) groups excluding carboxylic acids is 1. The maximum absolute atomic E-state index is 13.7. The van der Waals surface area contributed by atoms with Gasteiger partial charge in [-0.15, -0.1) is 0 Å². The lowest BCUT2D eigenvalue weighted by Crippen LogP contribution is -2.34. The number of likely N-dealkylation sites (tertiary alicyclic amines) is 1. The summed E-state index contributed by atoms with van der Waals surface area (Å²) in [5.41, 5.74) is 3.79. The van der Waals surface area contributed by atoms with Gasteiger partial charge in [0.15, 0.2) is 5.82 Å². The van der Waals surface area contributed by atoms with Crippen LogP contribution < -0.4 is 5.32 Å². The summed E-state index contributed by atoms with van der Waals surface area (Å²) in [7, 11) is 1.95. The van der Waals surface area contributed by atoms with Gasteiger partial charge in [-0.1, -0.05) is 40.2 Å². The fourth-order valence-electron chi connectivity index (χ4n) is 5.03. The lowest BCUT2D eigenvalue weighted by Gasteiger charge is -2.26. The Balaban J connectivity index is 1.89. The van der Waals surface area contributed by atoms with E-state index in [1.807, 2.05) is 26.1 Å². The van der Waals surface area contributed by atoms with Gasteiger partial charge in [-0.3, -0.25) is 4.79 Å². The lowest BCUT2D eigenvalue weighted by molar-refractivity contribution is 0.0741. The first-order valence-corrected chi connectivity index (χ1v) is 14.2. The summed E-state index contributed by atoms with van der Waals surface area (Å²) < 4.78 is 2.31. The van der Waals surface area contributed by atoms with Crippen LogP contribution in [-0.4, -0.2) is 65.0 Å². The molecule has 1 aliphatic rings. The number of allylic oxidation sites excluding steroid dienone is 1. The van der Waals surface area contributed by atoms with Crippen LogP contribution >= 0.6 is 0 Å². The highest BCUT2D eigenvalue weighted by Gasteiger charge is 2.20. The van der Waals surface area contributed by atoms with E-state index in [9.17, 15) is 4.79 Å². The van der Waals surface area contributed by atoms with Crippen molar-refractivity contribution in [2.24, 2.45) is 11.8 Å². The van der Waals surface area contributed by atoms with E-state index >= 15 is 0 Å². The molecule has 3 rings (SSSR count). The van der Waals surface area contributed by atoms with Gasteiger partial charge in [0.2, 0.25) is 0 Å². The normalized spacial score (nSPS) is 15.3. The molecule has 0 spiro atoms. The van der Waals surface area contributed by atoms with Crippen LogP contribution in [0.1, 0.15) is 89.3 Å². The minimum absolute atomic E-state index is 0.140. The molecule has 1 aliphatic heterocycles. The average molecular weight is 496 g/mol. The molecule has 0 radical (unpaired) electrons. The van der Waals surface area contributed by atoms with Gasteiger partial charge in [-0.25, -0.2) is 4.98 Å². The van der Waals surface area contributed by atoms with E-state index in [2.05, 4.69) is 59.5 Å². The minimum Gasteiger partial charge on any atom is -0.385 e. The molecule has 0 bridgehead atoms. The number of fused-ring (bicyclic) bond motifs is 1. The fourth-order valence-corrected chi connectivity index (χ4v) is 5.03. The quantitative estimate of drug-likeness (QED) is 0.369. The summed E-state index contributed by atoms with van der Waals surface area (Å²) >= 11 is 0. The molecule has 1 aromatic carbocycles. The average Bonchev–Trinajstić information content (AvgIpc) is 3.22. The second-order valence-electron chi connectivity index (χ2n) is 11.2. The standard InChI is InChI=1S/C30H49N5O/c1-7-26(31-6)29-32-27-13-12-25(30(36)34(20-14-23(2)3)21-15-24(4)5)22-28(27)35(29)19-11-18-33-16-9-8-10-17-33/h7,12-13,22-24,31H,8-11,14-21H2,1-6H3/b26-7-. The van der Waals surface area contributed by atoms with Crippen molar-refractivity contribution < 1.29 is 4.79 Å². The summed E-state index contributed by atoms with van der Waals surface area (Å²) in [4.78, 5) is 23.3. The van der Waals surface area contributed by atoms with Gasteiger partial charge in [-0.05, 0) is 88.7 Å². The summed E-state index contributed by atoms with van der Waals surface area (Å²) in [6, 6.07) is 6.07. The van der Waals surface area contributed by atoms with Crippen LogP contribution in [-0.2, 0) is 6.54 Å². The molecule has 1 saturated heterocycles. The minimum atomic E-state index is 0.140. The van der Waals surface area contributed by atoms with Crippen molar-refractivity contribution in [3.63, 3.8) is 0 Å². The number of hydrogen-bond acceptors (Lipinski definition) is 4. The topological polar surface area (TPSA) is 53.4 Å². The van der Waals surface area contributed by atoms with Gasteiger partial charge >= 0.3 is 0 Å². The number of aromatic nitrogens is 2. The summed E-state index contributed by atoms with van der Waals surface area (Å²) in [5, 5.41) is 3.31. The molecular formula is C30H49N5O. The van der Waals surface area contributed by atoms with E-state index in [0.29, 0.717) is 11.8 Å². The molecule has 0 atom stereocenters. The van der Waals surface area contributed by atoms with Gasteiger partial charge in [0.05, 0.1) is 16.7 Å². The van der Waals surface area contributed by atoms with E-state index in [1.54, 1.807) is 0 Å². The fraction of sp³-hybridized carbons (Fsp3) is 0.667. The Labute approximate surface area is 219 Å². The number of nitrogens with zero attached hydrogens (tertiary/aromatic N) is 4. The number of imidazole rings is 1. The number of nitrogens with one attached hydrogen (secondary N) is 1. The van der Waals surface area contributed by atoms with Crippen LogP contribution in [0, 0.1) is 11.8 Å². The highest BCUT2D eigenvalue weighted by molar-refractivity contribution is 5.97. The van der Waals surface area contributed by atoms with Crippen molar-refractivity contribution in [3.8, 4) is 0 Å². The molecule has 1 aromatic heterocycles. The zero-order chi connectivity index (χ0) is 26.1. The lowest BCUT2D eigenvalue weighted by atomic mass is 10.1. The SMILES string of the molecule is C/C=C(\NC)c1nc2ccc(C(=O)N(CCC(C)C)CCC(C)C)cc2n1CCCN1CCCCC1. The third-order valence-corrected chi connectivity index (χ3v) is 7.34. The molecule has 2 heterocycles. The van der Waals surface area contributed by atoms with Crippen molar-refractivity contribution in [1.82, 2.24) is 24.7 Å². The van der Waals surface area contributed by atoms with E-state index < -0.39 is 0 Å². The molecule has 6 nitrogen and oxygen atoms in total. The Morgan fingerprint density at radius 1 is 1.06 bits per heavy atom. The summed E-state index contributed by atoms with van der Waals surface area (Å²) in [6.07, 6.45) is 9.20. The van der Waals surface area contributed by atoms with Crippen molar-refractivity contribution >= 4 is 22.6 Å². The van der Waals surface area contributed by atoms with Gasteiger partial charge in [0, 0.05) is 32.2 Å². The molecule has 0 aliphatic carbocycles. The first-order chi connectivity index (χ1) is 17.3. The third-order valence-electron chi connectivity index (χ3n) is 7.34. The van der Waals surface area contributed by atoms with Crippen molar-refractivity contribution in [1.29, 1.82) is 0 Å². The first kappa shape index (κ1) is 28.2. The molecule has 2 aromatic rings. The maximum Gasteiger partial charge on any atom is 0.253 e. The number of rotatable bonds is 13. The highest BCUT2D eigenvalue weighted by Crippen LogP contribution is 2.24. The predicted molar refractivity (Wildman–Crippen MR) is 152 cm³/mol. The Hall–Kier alpha value is -2.34. The van der Waals surface area contributed by atoms with Crippen molar-refractivity contribution in [2.45, 2.75) is 79.7 Å². The summed E-state index contributed by atoms with van der Waals surface area (Å²) in [5.74, 6) is 2.24. The number of hydrogen-bond donors (Lipinski definition) is 1. The maximum atomic E-state index is 13.7. The second kappa shape index (κ2) is 13.8. The smallest absolute Gasteiger partial charge is 0.253 e. The van der Waals surface area contributed by atoms with Crippen LogP contribution in [0.3, 0.4) is 0 Å². The monoisotopic (exact) mass is 495 g/mol. The number of carbonyl (C=O) groups is 1. The van der Waals surface area contributed by atoms with Crippen LogP contribution in [0.5, 0.6) is 0 Å². The van der Waals surface area contributed by atoms with Crippen LogP contribution in [0.15, 0.2) is 24.3 Å². The predicted octanol–water partition coefficient (Wildman–Crippen LogP) is 6.03. The number of benzene rings is 1. The molecule has 36 heavy (non-hydrogen) atoms. The molecule has 200 valence electrons. The molecule has 0 unspecified atom stereocenters. The van der Waals surface area contributed by atoms with Gasteiger partial charge in [0.1, 0.15) is 0 Å². The Bertz CT molecular complexity index is 988. The van der Waals surface area contributed by atoms with Crippen LogP contribution in [0.4, 0.5) is 0 Å². The largest absolute Gasteiger partial charge is 0.385 e. The molecule has 1 amide bonds. The van der Waals surface area contributed by atoms with Crippen molar-refractivity contribution in [2.75, 3.05) is 39.8 Å². The second-order valence-corrected chi connectivity index (χ2v) is 11.2. The van der Waals surface area contributed by atoms with E-state index in [1.165, 1.54) is 32.4 Å².